The number of rotatable bonds is 2. The van der Waals surface area contributed by atoms with Crippen LogP contribution in [-0.4, -0.2) is 32.1 Å². The average molecular weight is 233 g/mol. The second kappa shape index (κ2) is 4.49. The SMILES string of the molecule is COc1cc2c(c(OC)c1)C=CC(=O)N(C)C2. The molecule has 1 aromatic rings. The summed E-state index contributed by atoms with van der Waals surface area (Å²) in [5.74, 6) is 1.44. The van der Waals surface area contributed by atoms with E-state index < -0.39 is 0 Å². The molecule has 0 fully saturated rings. The van der Waals surface area contributed by atoms with E-state index in [2.05, 4.69) is 0 Å². The lowest BCUT2D eigenvalue weighted by atomic mass is 10.1. The monoisotopic (exact) mass is 233 g/mol. The number of hydrogen-bond donors (Lipinski definition) is 0. The molecule has 0 spiro atoms. The largest absolute Gasteiger partial charge is 0.497 e. The van der Waals surface area contributed by atoms with E-state index in [9.17, 15) is 4.79 Å². The fraction of sp³-hybridized carbons (Fsp3) is 0.308. The van der Waals surface area contributed by atoms with Gasteiger partial charge >= 0.3 is 0 Å². The van der Waals surface area contributed by atoms with Crippen LogP contribution in [-0.2, 0) is 11.3 Å². The van der Waals surface area contributed by atoms with Gasteiger partial charge in [-0.2, -0.15) is 0 Å². The van der Waals surface area contributed by atoms with Gasteiger partial charge in [0.2, 0.25) is 5.91 Å². The van der Waals surface area contributed by atoms with Crippen LogP contribution in [0.3, 0.4) is 0 Å². The Labute approximate surface area is 100 Å². The van der Waals surface area contributed by atoms with Crippen LogP contribution in [0.15, 0.2) is 18.2 Å². The predicted octanol–water partition coefficient (Wildman–Crippen LogP) is 1.69. The van der Waals surface area contributed by atoms with E-state index in [1.54, 1.807) is 38.3 Å². The maximum Gasteiger partial charge on any atom is 0.246 e. The Hall–Kier alpha value is -1.97. The van der Waals surface area contributed by atoms with Crippen molar-refractivity contribution in [1.29, 1.82) is 0 Å². The highest BCUT2D eigenvalue weighted by molar-refractivity contribution is 5.93. The van der Waals surface area contributed by atoms with Gasteiger partial charge in [-0.15, -0.1) is 0 Å². The molecular weight excluding hydrogens is 218 g/mol. The van der Waals surface area contributed by atoms with Crippen LogP contribution in [0, 0.1) is 0 Å². The second-order valence-electron chi connectivity index (χ2n) is 3.93. The topological polar surface area (TPSA) is 38.8 Å². The number of methoxy groups -OCH3 is 2. The van der Waals surface area contributed by atoms with Gasteiger partial charge in [0, 0.05) is 31.3 Å². The minimum absolute atomic E-state index is 0.0118. The third-order valence-corrected chi connectivity index (χ3v) is 2.83. The molecule has 4 heteroatoms. The lowest BCUT2D eigenvalue weighted by molar-refractivity contribution is -0.125. The first-order chi connectivity index (χ1) is 8.15. The first-order valence-electron chi connectivity index (χ1n) is 5.33. The van der Waals surface area contributed by atoms with E-state index in [0.29, 0.717) is 6.54 Å². The summed E-state index contributed by atoms with van der Waals surface area (Å²) in [7, 11) is 5.00. The summed E-state index contributed by atoms with van der Waals surface area (Å²) in [6.07, 6.45) is 3.35. The molecule has 0 saturated heterocycles. The first kappa shape index (κ1) is 11.5. The van der Waals surface area contributed by atoms with Crippen molar-refractivity contribution in [2.45, 2.75) is 6.54 Å². The standard InChI is InChI=1S/C13H15NO3/c1-14-8-9-6-10(16-2)7-12(17-3)11(9)4-5-13(14)15/h4-7H,8H2,1-3H3. The number of likely N-dealkylation sites (N-methyl/N-ethyl adjacent to an activating group) is 1. The molecule has 0 aromatic heterocycles. The maximum atomic E-state index is 11.6. The van der Waals surface area contributed by atoms with Crippen LogP contribution in [0.25, 0.3) is 6.08 Å². The van der Waals surface area contributed by atoms with Crippen LogP contribution < -0.4 is 9.47 Å². The number of carbonyl (C=O) groups is 1. The lowest BCUT2D eigenvalue weighted by Crippen LogP contribution is -2.23. The van der Waals surface area contributed by atoms with E-state index in [1.165, 1.54) is 0 Å². The molecule has 0 bridgehead atoms. The molecule has 90 valence electrons. The van der Waals surface area contributed by atoms with Crippen LogP contribution >= 0.6 is 0 Å². The van der Waals surface area contributed by atoms with Gasteiger partial charge in [0.15, 0.2) is 0 Å². The summed E-state index contributed by atoms with van der Waals surface area (Å²) in [6.45, 7) is 0.550. The summed E-state index contributed by atoms with van der Waals surface area (Å²) in [4.78, 5) is 13.3. The van der Waals surface area contributed by atoms with E-state index in [1.807, 2.05) is 12.1 Å². The van der Waals surface area contributed by atoms with Crippen molar-refractivity contribution in [3.8, 4) is 11.5 Å². The highest BCUT2D eigenvalue weighted by Crippen LogP contribution is 2.31. The normalized spacial score (nSPS) is 14.3. The van der Waals surface area contributed by atoms with Crippen molar-refractivity contribution in [3.05, 3.63) is 29.3 Å². The Balaban J connectivity index is 2.55. The molecule has 0 radical (unpaired) electrons. The molecule has 0 saturated carbocycles. The summed E-state index contributed by atoms with van der Waals surface area (Å²) < 4.78 is 10.5. The molecule has 0 aliphatic carbocycles. The Kier molecular flexibility index (Phi) is 3.04. The van der Waals surface area contributed by atoms with Crippen LogP contribution in [0.2, 0.25) is 0 Å². The minimum Gasteiger partial charge on any atom is -0.497 e. The summed E-state index contributed by atoms with van der Waals surface area (Å²) >= 11 is 0. The summed E-state index contributed by atoms with van der Waals surface area (Å²) in [5, 5.41) is 0. The number of amides is 1. The summed E-state index contributed by atoms with van der Waals surface area (Å²) in [6, 6.07) is 3.75. The van der Waals surface area contributed by atoms with Crippen molar-refractivity contribution in [2.75, 3.05) is 21.3 Å². The average Bonchev–Trinajstić information content (AvgIpc) is 2.48. The van der Waals surface area contributed by atoms with E-state index in [4.69, 9.17) is 9.47 Å². The molecule has 0 atom stereocenters. The zero-order valence-electron chi connectivity index (χ0n) is 10.2. The van der Waals surface area contributed by atoms with Gasteiger partial charge in [-0.05, 0) is 17.7 Å². The van der Waals surface area contributed by atoms with Gasteiger partial charge in [0.1, 0.15) is 11.5 Å². The fourth-order valence-corrected chi connectivity index (χ4v) is 1.88. The third-order valence-electron chi connectivity index (χ3n) is 2.83. The molecule has 1 heterocycles. The van der Waals surface area contributed by atoms with Gasteiger partial charge < -0.3 is 14.4 Å². The highest BCUT2D eigenvalue weighted by Gasteiger charge is 2.17. The van der Waals surface area contributed by atoms with Crippen LogP contribution in [0.1, 0.15) is 11.1 Å². The predicted molar refractivity (Wildman–Crippen MR) is 65.1 cm³/mol. The quantitative estimate of drug-likeness (QED) is 0.780. The van der Waals surface area contributed by atoms with Crippen LogP contribution in [0.4, 0.5) is 0 Å². The van der Waals surface area contributed by atoms with Gasteiger partial charge in [-0.3, -0.25) is 4.79 Å². The van der Waals surface area contributed by atoms with Crippen molar-refractivity contribution in [1.82, 2.24) is 4.90 Å². The highest BCUT2D eigenvalue weighted by atomic mass is 16.5. The molecule has 1 aromatic carbocycles. The van der Waals surface area contributed by atoms with Crippen LogP contribution in [0.5, 0.6) is 11.5 Å². The molecule has 1 amide bonds. The summed E-state index contributed by atoms with van der Waals surface area (Å²) in [5.41, 5.74) is 1.96. The molecule has 4 nitrogen and oxygen atoms in total. The molecule has 1 aliphatic rings. The fourth-order valence-electron chi connectivity index (χ4n) is 1.88. The Morgan fingerprint density at radius 3 is 2.59 bits per heavy atom. The molecule has 0 unspecified atom stereocenters. The molecular formula is C13H15NO3. The van der Waals surface area contributed by atoms with Gasteiger partial charge in [-0.1, -0.05) is 0 Å². The number of nitrogens with zero attached hydrogens (tertiary/aromatic N) is 1. The minimum atomic E-state index is -0.0118. The second-order valence-corrected chi connectivity index (χ2v) is 3.93. The number of fused-ring (bicyclic) bond motifs is 1. The third kappa shape index (κ3) is 2.11. The van der Waals surface area contributed by atoms with Crippen molar-refractivity contribution < 1.29 is 14.3 Å². The maximum absolute atomic E-state index is 11.6. The number of ether oxygens (including phenoxy) is 2. The van der Waals surface area contributed by atoms with E-state index in [-0.39, 0.29) is 5.91 Å². The van der Waals surface area contributed by atoms with Crippen molar-refractivity contribution >= 4 is 12.0 Å². The van der Waals surface area contributed by atoms with Crippen molar-refractivity contribution in [2.24, 2.45) is 0 Å². The zero-order chi connectivity index (χ0) is 12.4. The van der Waals surface area contributed by atoms with Gasteiger partial charge in [0.05, 0.1) is 14.2 Å². The van der Waals surface area contributed by atoms with E-state index in [0.717, 1.165) is 22.6 Å². The smallest absolute Gasteiger partial charge is 0.246 e. The Morgan fingerprint density at radius 2 is 1.94 bits per heavy atom. The number of benzene rings is 1. The zero-order valence-corrected chi connectivity index (χ0v) is 10.2. The molecule has 2 rings (SSSR count). The van der Waals surface area contributed by atoms with Gasteiger partial charge in [0.25, 0.3) is 0 Å². The molecule has 1 aliphatic heterocycles. The first-order valence-corrected chi connectivity index (χ1v) is 5.33. The van der Waals surface area contributed by atoms with Crippen molar-refractivity contribution in [3.63, 3.8) is 0 Å². The Morgan fingerprint density at radius 1 is 1.18 bits per heavy atom. The lowest BCUT2D eigenvalue weighted by Gasteiger charge is -2.16. The molecule has 17 heavy (non-hydrogen) atoms. The number of carbonyl (C=O) groups excluding carboxylic acids is 1. The molecule has 0 N–H and O–H groups in total. The Bertz CT molecular complexity index is 480. The van der Waals surface area contributed by atoms with Gasteiger partial charge in [-0.25, -0.2) is 0 Å². The van der Waals surface area contributed by atoms with E-state index >= 15 is 0 Å². The number of hydrogen-bond acceptors (Lipinski definition) is 3.